The lowest BCUT2D eigenvalue weighted by molar-refractivity contribution is -0.149. The first-order valence-electron chi connectivity index (χ1n) is 8.67. The summed E-state index contributed by atoms with van der Waals surface area (Å²) in [5.41, 5.74) is 0.865. The summed E-state index contributed by atoms with van der Waals surface area (Å²) in [6.45, 7) is 2.80. The minimum atomic E-state index is 0.0161. The Hall–Kier alpha value is -0.905. The van der Waals surface area contributed by atoms with Crippen LogP contribution in [-0.2, 0) is 9.53 Å². The van der Waals surface area contributed by atoms with E-state index in [4.69, 9.17) is 4.74 Å². The van der Waals surface area contributed by atoms with Crippen molar-refractivity contribution in [3.8, 4) is 0 Å². The zero-order chi connectivity index (χ0) is 15.8. The van der Waals surface area contributed by atoms with Crippen LogP contribution in [0.3, 0.4) is 0 Å². The van der Waals surface area contributed by atoms with Crippen molar-refractivity contribution in [1.82, 2.24) is 9.36 Å². The Kier molecular flexibility index (Phi) is 7.36. The van der Waals surface area contributed by atoms with Crippen LogP contribution in [0.2, 0.25) is 0 Å². The minimum absolute atomic E-state index is 0.0161. The molecule has 1 fully saturated rings. The fourth-order valence-corrected chi connectivity index (χ4v) is 3.88. The van der Waals surface area contributed by atoms with Crippen molar-refractivity contribution in [3.05, 3.63) is 5.01 Å². The molecule has 1 aromatic heterocycles. The van der Waals surface area contributed by atoms with Crippen molar-refractivity contribution in [1.29, 1.82) is 0 Å². The molecule has 1 aliphatic rings. The number of rotatable bonds is 8. The maximum Gasteiger partial charge on any atom is 0.308 e. The number of nitrogens with zero attached hydrogens (tertiary/aromatic N) is 2. The van der Waals surface area contributed by atoms with Gasteiger partial charge in [0.1, 0.15) is 5.01 Å². The van der Waals surface area contributed by atoms with Crippen molar-refractivity contribution < 1.29 is 9.53 Å². The largest absolute Gasteiger partial charge is 0.465 e. The van der Waals surface area contributed by atoms with E-state index in [1.807, 2.05) is 7.85 Å². The summed E-state index contributed by atoms with van der Waals surface area (Å²) in [5, 5.41) is 1.14. The second kappa shape index (κ2) is 9.28. The normalized spacial score (nSPS) is 21.7. The number of hydrogen-bond acceptors (Lipinski definition) is 5. The van der Waals surface area contributed by atoms with Crippen LogP contribution in [0.15, 0.2) is 0 Å². The molecule has 0 amide bonds. The van der Waals surface area contributed by atoms with Gasteiger partial charge in [-0.1, -0.05) is 32.6 Å². The van der Waals surface area contributed by atoms with E-state index in [0.29, 0.717) is 12.5 Å². The van der Waals surface area contributed by atoms with Gasteiger partial charge in [-0.3, -0.25) is 4.79 Å². The summed E-state index contributed by atoms with van der Waals surface area (Å²) in [4.78, 5) is 16.6. The molecule has 0 bridgehead atoms. The first kappa shape index (κ1) is 17.4. The molecule has 0 N–H and O–H groups in total. The van der Waals surface area contributed by atoms with Crippen LogP contribution in [0.5, 0.6) is 0 Å². The van der Waals surface area contributed by atoms with Crippen LogP contribution >= 0.6 is 11.5 Å². The van der Waals surface area contributed by atoms with Crippen molar-refractivity contribution in [2.75, 3.05) is 6.61 Å². The average molecular weight is 322 g/mol. The van der Waals surface area contributed by atoms with Crippen LogP contribution in [0.4, 0.5) is 0 Å². The molecule has 0 spiro atoms. The standard InChI is InChI=1S/C16H27BN2O2S/c1-2-3-4-5-6-11-21-15(20)13-9-7-12(8-10-13)14-18-16(17)19-22-14/h12-13H,2-11,17H2,1H3. The van der Waals surface area contributed by atoms with E-state index in [-0.39, 0.29) is 11.9 Å². The van der Waals surface area contributed by atoms with Crippen LogP contribution in [0.1, 0.15) is 75.6 Å². The lowest BCUT2D eigenvalue weighted by atomic mass is 9.82. The Morgan fingerprint density at radius 2 is 1.95 bits per heavy atom. The molecule has 1 aromatic rings. The molecular weight excluding hydrogens is 295 g/mol. The number of esters is 1. The third-order valence-electron chi connectivity index (χ3n) is 4.45. The molecule has 0 saturated heterocycles. The van der Waals surface area contributed by atoms with Crippen LogP contribution < -0.4 is 5.72 Å². The van der Waals surface area contributed by atoms with Gasteiger partial charge in [0.25, 0.3) is 0 Å². The third kappa shape index (κ3) is 5.38. The molecule has 1 aliphatic carbocycles. The van der Waals surface area contributed by atoms with Gasteiger partial charge in [-0.05, 0) is 43.6 Å². The van der Waals surface area contributed by atoms with Gasteiger partial charge in [0.15, 0.2) is 7.85 Å². The molecule has 2 rings (SSSR count). The smallest absolute Gasteiger partial charge is 0.308 e. The highest BCUT2D eigenvalue weighted by molar-refractivity contribution is 7.06. The maximum atomic E-state index is 12.1. The number of carbonyl (C=O) groups excluding carboxylic acids is 1. The molecule has 6 heteroatoms. The first-order valence-corrected chi connectivity index (χ1v) is 9.45. The first-order chi connectivity index (χ1) is 10.7. The van der Waals surface area contributed by atoms with Gasteiger partial charge in [-0.2, -0.15) is 4.37 Å². The average Bonchev–Trinajstić information content (AvgIpc) is 2.97. The Morgan fingerprint density at radius 3 is 2.59 bits per heavy atom. The summed E-state index contributed by atoms with van der Waals surface area (Å²) in [5.74, 6) is 0.604. The van der Waals surface area contributed by atoms with Gasteiger partial charge in [0.2, 0.25) is 0 Å². The number of ether oxygens (including phenoxy) is 1. The topological polar surface area (TPSA) is 52.1 Å². The molecule has 22 heavy (non-hydrogen) atoms. The van der Waals surface area contributed by atoms with E-state index in [2.05, 4.69) is 16.3 Å². The monoisotopic (exact) mass is 322 g/mol. The second-order valence-electron chi connectivity index (χ2n) is 6.31. The summed E-state index contributed by atoms with van der Waals surface area (Å²) < 4.78 is 9.70. The van der Waals surface area contributed by atoms with Crippen LogP contribution in [0.25, 0.3) is 0 Å². The summed E-state index contributed by atoms with van der Waals surface area (Å²) in [6.07, 6.45) is 9.88. The van der Waals surface area contributed by atoms with E-state index in [1.54, 1.807) is 0 Å². The van der Waals surface area contributed by atoms with Gasteiger partial charge in [-0.25, -0.2) is 4.98 Å². The third-order valence-corrected chi connectivity index (χ3v) is 5.41. The van der Waals surface area contributed by atoms with E-state index >= 15 is 0 Å². The SMILES string of the molecule is Bc1nsc(C2CCC(C(=O)OCCCCCCC)CC2)n1. The van der Waals surface area contributed by atoms with Crippen molar-refractivity contribution >= 4 is 31.1 Å². The Labute approximate surface area is 138 Å². The van der Waals surface area contributed by atoms with Gasteiger partial charge < -0.3 is 4.74 Å². The van der Waals surface area contributed by atoms with Gasteiger partial charge in [0.05, 0.1) is 18.2 Å². The van der Waals surface area contributed by atoms with Gasteiger partial charge >= 0.3 is 5.97 Å². The van der Waals surface area contributed by atoms with Crippen LogP contribution in [-0.4, -0.2) is 29.8 Å². The minimum Gasteiger partial charge on any atom is -0.465 e. The number of aromatic nitrogens is 2. The molecule has 1 saturated carbocycles. The lowest BCUT2D eigenvalue weighted by Gasteiger charge is -2.25. The van der Waals surface area contributed by atoms with E-state index < -0.39 is 0 Å². The lowest BCUT2D eigenvalue weighted by Crippen LogP contribution is -2.23. The van der Waals surface area contributed by atoms with E-state index in [1.165, 1.54) is 37.2 Å². The molecule has 0 aromatic carbocycles. The molecule has 0 unspecified atom stereocenters. The van der Waals surface area contributed by atoms with Gasteiger partial charge in [-0.15, -0.1) is 0 Å². The summed E-state index contributed by atoms with van der Waals surface area (Å²) in [6, 6.07) is 0. The number of unbranched alkanes of at least 4 members (excludes halogenated alkanes) is 4. The van der Waals surface area contributed by atoms with Crippen LogP contribution in [0, 0.1) is 5.92 Å². The second-order valence-corrected chi connectivity index (χ2v) is 7.09. The summed E-state index contributed by atoms with van der Waals surface area (Å²) >= 11 is 1.51. The highest BCUT2D eigenvalue weighted by Gasteiger charge is 2.29. The predicted molar refractivity (Wildman–Crippen MR) is 92.5 cm³/mol. The van der Waals surface area contributed by atoms with E-state index in [0.717, 1.165) is 42.8 Å². The molecule has 0 radical (unpaired) electrons. The molecule has 4 nitrogen and oxygen atoms in total. The fourth-order valence-electron chi connectivity index (χ4n) is 3.05. The Bertz CT molecular complexity index is 459. The highest BCUT2D eigenvalue weighted by atomic mass is 32.1. The molecule has 0 aliphatic heterocycles. The Balaban J connectivity index is 1.62. The number of carbonyl (C=O) groups is 1. The summed E-state index contributed by atoms with van der Waals surface area (Å²) in [7, 11) is 1.93. The molecule has 0 atom stereocenters. The highest BCUT2D eigenvalue weighted by Crippen LogP contribution is 2.36. The van der Waals surface area contributed by atoms with Crippen molar-refractivity contribution in [2.45, 2.75) is 70.6 Å². The van der Waals surface area contributed by atoms with E-state index in [9.17, 15) is 4.79 Å². The van der Waals surface area contributed by atoms with Crippen molar-refractivity contribution in [3.63, 3.8) is 0 Å². The maximum absolute atomic E-state index is 12.1. The number of hydrogen-bond donors (Lipinski definition) is 0. The predicted octanol–water partition coefficient (Wildman–Crippen LogP) is 2.58. The molecular formula is C16H27BN2O2S. The van der Waals surface area contributed by atoms with Gasteiger partial charge in [0, 0.05) is 5.92 Å². The quantitative estimate of drug-likeness (QED) is 0.419. The zero-order valence-corrected chi connectivity index (χ0v) is 14.7. The van der Waals surface area contributed by atoms with Crippen molar-refractivity contribution in [2.24, 2.45) is 5.92 Å². The zero-order valence-electron chi connectivity index (χ0n) is 13.8. The fraction of sp³-hybridized carbons (Fsp3) is 0.812. The molecule has 1 heterocycles. The molecule has 122 valence electrons. The Morgan fingerprint density at radius 1 is 1.23 bits per heavy atom.